The van der Waals surface area contributed by atoms with Crippen molar-refractivity contribution in [2.75, 3.05) is 33.3 Å². The lowest BCUT2D eigenvalue weighted by atomic mass is 10.3. The predicted octanol–water partition coefficient (Wildman–Crippen LogP) is 0.336. The van der Waals surface area contributed by atoms with Gasteiger partial charge in [0.25, 0.3) is 0 Å². The van der Waals surface area contributed by atoms with E-state index in [0.29, 0.717) is 6.54 Å². The first-order valence-corrected chi connectivity index (χ1v) is 7.30. The summed E-state index contributed by atoms with van der Waals surface area (Å²) < 4.78 is 7.49. The first kappa shape index (κ1) is 13.6. The molecule has 1 aromatic rings. The van der Waals surface area contributed by atoms with E-state index in [1.165, 1.54) is 0 Å². The van der Waals surface area contributed by atoms with Crippen LogP contribution in [0.1, 0.15) is 18.5 Å². The maximum atomic E-state index is 12.3. The highest BCUT2D eigenvalue weighted by Gasteiger charge is 2.26. The Bertz CT molecular complexity index is 467. The van der Waals surface area contributed by atoms with E-state index in [2.05, 4.69) is 10.00 Å². The second-order valence-electron chi connectivity index (χ2n) is 5.62. The molecule has 0 aliphatic carbocycles. The summed E-state index contributed by atoms with van der Waals surface area (Å²) in [4.78, 5) is 16.4. The van der Waals surface area contributed by atoms with Crippen LogP contribution in [-0.2, 0) is 22.6 Å². The van der Waals surface area contributed by atoms with Gasteiger partial charge in [-0.15, -0.1) is 0 Å². The Hall–Kier alpha value is -1.40. The number of aromatic nitrogens is 2. The molecule has 0 saturated carbocycles. The van der Waals surface area contributed by atoms with E-state index in [1.54, 1.807) is 7.11 Å². The number of carbonyl (C=O) groups is 1. The Morgan fingerprint density at radius 2 is 2.20 bits per heavy atom. The summed E-state index contributed by atoms with van der Waals surface area (Å²) in [5.41, 5.74) is 1.15. The number of nitrogens with zero attached hydrogens (tertiary/aromatic N) is 4. The first-order valence-electron chi connectivity index (χ1n) is 7.30. The fourth-order valence-electron chi connectivity index (χ4n) is 3.02. The highest BCUT2D eigenvalue weighted by atomic mass is 16.5. The second-order valence-corrected chi connectivity index (χ2v) is 5.62. The van der Waals surface area contributed by atoms with E-state index in [-0.39, 0.29) is 12.0 Å². The molecule has 1 saturated heterocycles. The van der Waals surface area contributed by atoms with Crippen LogP contribution < -0.4 is 0 Å². The lowest BCUT2D eigenvalue weighted by Gasteiger charge is -2.25. The SMILES string of the molecule is CO[C@H]1CN(CC(=O)N2CCCC2)Cc2ccnn2C1. The van der Waals surface area contributed by atoms with E-state index in [0.717, 1.165) is 51.3 Å². The van der Waals surface area contributed by atoms with E-state index in [1.807, 2.05) is 21.8 Å². The van der Waals surface area contributed by atoms with E-state index >= 15 is 0 Å². The van der Waals surface area contributed by atoms with Gasteiger partial charge in [0.15, 0.2) is 0 Å². The smallest absolute Gasteiger partial charge is 0.236 e. The molecule has 3 heterocycles. The minimum atomic E-state index is 0.0857. The number of fused-ring (bicyclic) bond motifs is 1. The Labute approximate surface area is 119 Å². The number of ether oxygens (including phenoxy) is 1. The summed E-state index contributed by atoms with van der Waals surface area (Å²) >= 11 is 0. The maximum Gasteiger partial charge on any atom is 0.236 e. The zero-order valence-electron chi connectivity index (χ0n) is 12.0. The molecule has 1 fully saturated rings. The number of likely N-dealkylation sites (tertiary alicyclic amines) is 1. The average Bonchev–Trinajstić information content (AvgIpc) is 3.08. The van der Waals surface area contributed by atoms with E-state index in [9.17, 15) is 4.79 Å². The monoisotopic (exact) mass is 278 g/mol. The molecule has 0 radical (unpaired) electrons. The van der Waals surface area contributed by atoms with E-state index in [4.69, 9.17) is 4.74 Å². The van der Waals surface area contributed by atoms with Gasteiger partial charge in [-0.3, -0.25) is 14.4 Å². The number of carbonyl (C=O) groups excluding carboxylic acids is 1. The molecular weight excluding hydrogens is 256 g/mol. The lowest BCUT2D eigenvalue weighted by molar-refractivity contribution is -0.131. The van der Waals surface area contributed by atoms with Gasteiger partial charge >= 0.3 is 0 Å². The summed E-state index contributed by atoms with van der Waals surface area (Å²) in [6.07, 6.45) is 4.18. The van der Waals surface area contributed by atoms with Crippen LogP contribution in [0.3, 0.4) is 0 Å². The summed E-state index contributed by atoms with van der Waals surface area (Å²) in [7, 11) is 1.72. The molecule has 20 heavy (non-hydrogen) atoms. The van der Waals surface area contributed by atoms with Crippen LogP contribution in [0, 0.1) is 0 Å². The topological polar surface area (TPSA) is 50.6 Å². The molecule has 6 nitrogen and oxygen atoms in total. The van der Waals surface area contributed by atoms with E-state index < -0.39 is 0 Å². The molecule has 2 aliphatic rings. The minimum absolute atomic E-state index is 0.0857. The van der Waals surface area contributed by atoms with Crippen molar-refractivity contribution in [3.63, 3.8) is 0 Å². The number of hydrogen-bond acceptors (Lipinski definition) is 4. The minimum Gasteiger partial charge on any atom is -0.378 e. The quantitative estimate of drug-likeness (QED) is 0.800. The van der Waals surface area contributed by atoms with Crippen molar-refractivity contribution in [2.45, 2.75) is 32.0 Å². The maximum absolute atomic E-state index is 12.3. The molecule has 6 heteroatoms. The van der Waals surface area contributed by atoms with Crippen molar-refractivity contribution >= 4 is 5.91 Å². The normalized spacial score (nSPS) is 23.6. The van der Waals surface area contributed by atoms with Gasteiger partial charge in [-0.1, -0.05) is 0 Å². The van der Waals surface area contributed by atoms with Gasteiger partial charge in [0.05, 0.1) is 24.9 Å². The van der Waals surface area contributed by atoms with Crippen LogP contribution in [0.2, 0.25) is 0 Å². The third kappa shape index (κ3) is 2.86. The molecule has 0 N–H and O–H groups in total. The molecule has 110 valence electrons. The van der Waals surface area contributed by atoms with Crippen molar-refractivity contribution in [3.8, 4) is 0 Å². The fraction of sp³-hybridized carbons (Fsp3) is 0.714. The standard InChI is InChI=1S/C14H22N4O2/c1-20-13-9-16(8-12-4-5-15-18(12)10-13)11-14(19)17-6-2-3-7-17/h4-5,13H,2-3,6-11H2,1H3/t13-/m0/s1. The van der Waals surface area contributed by atoms with Gasteiger partial charge in [0.2, 0.25) is 5.91 Å². The summed E-state index contributed by atoms with van der Waals surface area (Å²) in [6.45, 7) is 4.60. The first-order chi connectivity index (χ1) is 9.76. The van der Waals surface area contributed by atoms with Crippen molar-refractivity contribution < 1.29 is 9.53 Å². The average molecular weight is 278 g/mol. The zero-order chi connectivity index (χ0) is 13.9. The highest BCUT2D eigenvalue weighted by molar-refractivity contribution is 5.78. The number of hydrogen-bond donors (Lipinski definition) is 0. The molecule has 0 unspecified atom stereocenters. The van der Waals surface area contributed by atoms with Crippen molar-refractivity contribution in [2.24, 2.45) is 0 Å². The molecule has 0 bridgehead atoms. The molecule has 2 aliphatic heterocycles. The molecule has 3 rings (SSSR count). The van der Waals surface area contributed by atoms with Gasteiger partial charge in [-0.2, -0.15) is 5.10 Å². The number of methoxy groups -OCH3 is 1. The summed E-state index contributed by atoms with van der Waals surface area (Å²) in [5.74, 6) is 0.241. The lowest BCUT2D eigenvalue weighted by Crippen LogP contribution is -2.41. The van der Waals surface area contributed by atoms with Gasteiger partial charge < -0.3 is 9.64 Å². The fourth-order valence-corrected chi connectivity index (χ4v) is 3.02. The van der Waals surface area contributed by atoms with Crippen LogP contribution in [0.4, 0.5) is 0 Å². The Balaban J connectivity index is 1.67. The van der Waals surface area contributed by atoms with Gasteiger partial charge in [-0.25, -0.2) is 0 Å². The number of rotatable bonds is 3. The molecule has 0 aromatic carbocycles. The molecule has 1 atom stereocenters. The van der Waals surface area contributed by atoms with Gasteiger partial charge in [0.1, 0.15) is 0 Å². The van der Waals surface area contributed by atoms with Gasteiger partial charge in [0, 0.05) is 39.5 Å². The zero-order valence-corrected chi connectivity index (χ0v) is 12.0. The molecule has 1 aromatic heterocycles. The largest absolute Gasteiger partial charge is 0.378 e. The number of amides is 1. The van der Waals surface area contributed by atoms with Gasteiger partial charge in [-0.05, 0) is 18.9 Å². The molecule has 1 amide bonds. The third-order valence-electron chi connectivity index (χ3n) is 4.18. The third-order valence-corrected chi connectivity index (χ3v) is 4.18. The molecule has 0 spiro atoms. The van der Waals surface area contributed by atoms with Crippen LogP contribution in [0.15, 0.2) is 12.3 Å². The van der Waals surface area contributed by atoms with Crippen LogP contribution in [0.25, 0.3) is 0 Å². The van der Waals surface area contributed by atoms with Crippen molar-refractivity contribution in [1.82, 2.24) is 19.6 Å². The Morgan fingerprint density at radius 1 is 1.40 bits per heavy atom. The summed E-state index contributed by atoms with van der Waals surface area (Å²) in [5, 5.41) is 4.32. The second kappa shape index (κ2) is 5.93. The molecular formula is C14H22N4O2. The van der Waals surface area contributed by atoms with Crippen LogP contribution in [-0.4, -0.2) is 64.9 Å². The summed E-state index contributed by atoms with van der Waals surface area (Å²) in [6, 6.07) is 2.02. The van der Waals surface area contributed by atoms with Crippen LogP contribution in [0.5, 0.6) is 0 Å². The Kier molecular flexibility index (Phi) is 4.03. The van der Waals surface area contributed by atoms with Crippen molar-refractivity contribution in [3.05, 3.63) is 18.0 Å². The highest BCUT2D eigenvalue weighted by Crippen LogP contribution is 2.14. The predicted molar refractivity (Wildman–Crippen MR) is 74.1 cm³/mol. The van der Waals surface area contributed by atoms with Crippen molar-refractivity contribution in [1.29, 1.82) is 0 Å². The Morgan fingerprint density at radius 3 is 2.95 bits per heavy atom. The van der Waals surface area contributed by atoms with Crippen LogP contribution >= 0.6 is 0 Å².